The van der Waals surface area contributed by atoms with Crippen LogP contribution in [0.1, 0.15) is 41.1 Å². The number of ether oxygens (including phenoxy) is 1. The van der Waals surface area contributed by atoms with Gasteiger partial charge in [0.05, 0.1) is 23.6 Å². The fourth-order valence-corrected chi connectivity index (χ4v) is 3.92. The minimum absolute atomic E-state index is 0.0366. The third-order valence-electron chi connectivity index (χ3n) is 4.97. The second-order valence-corrected chi connectivity index (χ2v) is 7.23. The molecule has 0 unspecified atom stereocenters. The van der Waals surface area contributed by atoms with Gasteiger partial charge in [0.15, 0.2) is 5.43 Å². The van der Waals surface area contributed by atoms with Gasteiger partial charge < -0.3 is 19.2 Å². The maximum atomic E-state index is 13.4. The fraction of sp³-hybridized carbons (Fsp3) is 0.273. The van der Waals surface area contributed by atoms with E-state index in [1.807, 2.05) is 31.2 Å². The maximum absolute atomic E-state index is 13.4. The number of hydrogen-bond donors (Lipinski definition) is 1. The summed E-state index contributed by atoms with van der Waals surface area (Å²) < 4.78 is 11.4. The molecular weight excluding hydrogens is 394 g/mol. The minimum atomic E-state index is -0.621. The first-order valence-corrected chi connectivity index (χ1v) is 9.83. The molecule has 1 aliphatic rings. The summed E-state index contributed by atoms with van der Waals surface area (Å²) in [4.78, 5) is 28.0. The van der Waals surface area contributed by atoms with Gasteiger partial charge in [-0.25, -0.2) is 0 Å². The molecule has 0 aliphatic carbocycles. The van der Waals surface area contributed by atoms with Crippen molar-refractivity contribution in [3.8, 4) is 5.75 Å². The third-order valence-corrected chi connectivity index (χ3v) is 5.20. The zero-order valence-corrected chi connectivity index (χ0v) is 16.6. The maximum Gasteiger partial charge on any atom is 0.290 e. The molecule has 3 aromatic rings. The highest BCUT2D eigenvalue weighted by Gasteiger charge is 2.42. The number of nitrogens with zero attached hydrogens (tertiary/aromatic N) is 1. The van der Waals surface area contributed by atoms with E-state index in [0.29, 0.717) is 41.3 Å². The van der Waals surface area contributed by atoms with Crippen LogP contribution in [0.5, 0.6) is 5.75 Å². The van der Waals surface area contributed by atoms with Gasteiger partial charge in [0.2, 0.25) is 5.76 Å². The molecule has 29 heavy (non-hydrogen) atoms. The molecule has 2 aromatic carbocycles. The average Bonchev–Trinajstić information content (AvgIpc) is 3.00. The summed E-state index contributed by atoms with van der Waals surface area (Å²) in [6.45, 7) is 2.62. The topological polar surface area (TPSA) is 80.0 Å². The van der Waals surface area contributed by atoms with Crippen LogP contribution in [-0.4, -0.2) is 35.7 Å². The largest absolute Gasteiger partial charge is 0.494 e. The van der Waals surface area contributed by atoms with Crippen molar-refractivity contribution in [2.45, 2.75) is 19.4 Å². The van der Waals surface area contributed by atoms with Crippen LogP contribution in [0.3, 0.4) is 0 Å². The number of carbonyl (C=O) groups excluding carboxylic acids is 1. The van der Waals surface area contributed by atoms with Crippen molar-refractivity contribution in [3.05, 3.63) is 74.6 Å². The highest BCUT2D eigenvalue weighted by atomic mass is 35.5. The lowest BCUT2D eigenvalue weighted by Crippen LogP contribution is -2.31. The minimum Gasteiger partial charge on any atom is -0.494 e. The second-order valence-electron chi connectivity index (χ2n) is 6.80. The molecular formula is C22H20ClNO5. The molecule has 0 fully saturated rings. The van der Waals surface area contributed by atoms with Crippen molar-refractivity contribution in [2.24, 2.45) is 0 Å². The Balaban J connectivity index is 1.94. The predicted molar refractivity (Wildman–Crippen MR) is 110 cm³/mol. The lowest BCUT2D eigenvalue weighted by molar-refractivity contribution is 0.0716. The summed E-state index contributed by atoms with van der Waals surface area (Å²) >= 11 is 6.07. The van der Waals surface area contributed by atoms with Crippen LogP contribution >= 0.6 is 11.6 Å². The number of aliphatic hydroxyl groups excluding tert-OH is 1. The van der Waals surface area contributed by atoms with Crippen LogP contribution in [-0.2, 0) is 0 Å². The lowest BCUT2D eigenvalue weighted by atomic mass is 9.98. The van der Waals surface area contributed by atoms with Crippen molar-refractivity contribution in [1.82, 2.24) is 4.90 Å². The van der Waals surface area contributed by atoms with Crippen LogP contribution in [0, 0.1) is 0 Å². The Labute approximate surface area is 172 Å². The van der Waals surface area contributed by atoms with Crippen molar-refractivity contribution in [3.63, 3.8) is 0 Å². The van der Waals surface area contributed by atoms with Gasteiger partial charge >= 0.3 is 0 Å². The van der Waals surface area contributed by atoms with Gasteiger partial charge in [0.25, 0.3) is 5.91 Å². The van der Waals surface area contributed by atoms with Gasteiger partial charge in [-0.2, -0.15) is 0 Å². The molecule has 7 heteroatoms. The normalized spacial score (nSPS) is 15.8. The summed E-state index contributed by atoms with van der Waals surface area (Å²) in [5.74, 6) is 0.324. The highest BCUT2D eigenvalue weighted by molar-refractivity contribution is 6.31. The zero-order chi connectivity index (χ0) is 20.5. The molecule has 0 saturated heterocycles. The Morgan fingerprint density at radius 3 is 2.79 bits per heavy atom. The van der Waals surface area contributed by atoms with Gasteiger partial charge in [-0.05, 0) is 49.2 Å². The molecule has 1 N–H and O–H groups in total. The van der Waals surface area contributed by atoms with E-state index in [2.05, 4.69) is 0 Å². The first-order chi connectivity index (χ1) is 14.0. The third kappa shape index (κ3) is 3.39. The number of hydrogen-bond acceptors (Lipinski definition) is 5. The molecule has 2 heterocycles. The van der Waals surface area contributed by atoms with E-state index in [-0.39, 0.29) is 29.3 Å². The highest BCUT2D eigenvalue weighted by Crippen LogP contribution is 2.39. The van der Waals surface area contributed by atoms with E-state index in [4.69, 9.17) is 20.8 Å². The van der Waals surface area contributed by atoms with E-state index < -0.39 is 6.04 Å². The SMILES string of the molecule is CCOc1cccc([C@@H]2c3c(oc4ccc(Cl)cc4c3=O)C(=O)N2CCCO)c1. The summed E-state index contributed by atoms with van der Waals surface area (Å²) in [6.07, 6.45) is 0.390. The smallest absolute Gasteiger partial charge is 0.290 e. The second kappa shape index (κ2) is 7.89. The molecule has 1 aliphatic heterocycles. The first-order valence-electron chi connectivity index (χ1n) is 9.46. The molecule has 0 saturated carbocycles. The Morgan fingerprint density at radius 2 is 2.03 bits per heavy atom. The van der Waals surface area contributed by atoms with Gasteiger partial charge in [0.1, 0.15) is 11.3 Å². The first kappa shape index (κ1) is 19.5. The number of benzene rings is 2. The number of halogens is 1. The molecule has 1 aromatic heterocycles. The monoisotopic (exact) mass is 413 g/mol. The molecule has 0 bridgehead atoms. The van der Waals surface area contributed by atoms with Gasteiger partial charge in [-0.3, -0.25) is 9.59 Å². The van der Waals surface area contributed by atoms with E-state index >= 15 is 0 Å². The Morgan fingerprint density at radius 1 is 1.21 bits per heavy atom. The molecule has 4 rings (SSSR count). The summed E-state index contributed by atoms with van der Waals surface area (Å²) in [5, 5.41) is 10.0. The number of amides is 1. The number of fused-ring (bicyclic) bond motifs is 2. The number of carbonyl (C=O) groups is 1. The molecule has 150 valence electrons. The summed E-state index contributed by atoms with van der Waals surface area (Å²) in [7, 11) is 0. The van der Waals surface area contributed by atoms with Crippen molar-refractivity contribution < 1.29 is 19.1 Å². The van der Waals surface area contributed by atoms with Crippen LogP contribution < -0.4 is 10.2 Å². The van der Waals surface area contributed by atoms with Gasteiger partial charge in [-0.15, -0.1) is 0 Å². The van der Waals surface area contributed by atoms with Crippen molar-refractivity contribution in [1.29, 1.82) is 0 Å². The molecule has 1 atom stereocenters. The van der Waals surface area contributed by atoms with E-state index in [1.54, 1.807) is 23.1 Å². The van der Waals surface area contributed by atoms with Gasteiger partial charge in [0, 0.05) is 18.2 Å². The lowest BCUT2D eigenvalue weighted by Gasteiger charge is -2.25. The van der Waals surface area contributed by atoms with Crippen LogP contribution in [0.2, 0.25) is 5.02 Å². The van der Waals surface area contributed by atoms with E-state index in [1.165, 1.54) is 0 Å². The van der Waals surface area contributed by atoms with E-state index in [9.17, 15) is 14.7 Å². The van der Waals surface area contributed by atoms with Crippen molar-refractivity contribution >= 4 is 28.5 Å². The average molecular weight is 414 g/mol. The van der Waals surface area contributed by atoms with Crippen molar-refractivity contribution in [2.75, 3.05) is 19.8 Å². The quantitative estimate of drug-likeness (QED) is 0.665. The van der Waals surface area contributed by atoms with E-state index in [0.717, 1.165) is 5.56 Å². The predicted octanol–water partition coefficient (Wildman–Crippen LogP) is 3.77. The summed E-state index contributed by atoms with van der Waals surface area (Å²) in [6, 6.07) is 11.5. The fourth-order valence-electron chi connectivity index (χ4n) is 3.75. The van der Waals surface area contributed by atoms with Crippen LogP contribution in [0.15, 0.2) is 51.7 Å². The number of aliphatic hydroxyl groups is 1. The Hall–Kier alpha value is -2.83. The molecule has 6 nitrogen and oxygen atoms in total. The Bertz CT molecular complexity index is 1140. The number of rotatable bonds is 6. The van der Waals surface area contributed by atoms with Crippen LogP contribution in [0.25, 0.3) is 11.0 Å². The molecule has 1 amide bonds. The zero-order valence-electron chi connectivity index (χ0n) is 15.9. The summed E-state index contributed by atoms with van der Waals surface area (Å²) in [5.41, 5.74) is 1.07. The van der Waals surface area contributed by atoms with Crippen LogP contribution in [0.4, 0.5) is 0 Å². The van der Waals surface area contributed by atoms with Gasteiger partial charge in [-0.1, -0.05) is 23.7 Å². The Kier molecular flexibility index (Phi) is 5.30. The molecule has 0 radical (unpaired) electrons. The molecule has 0 spiro atoms. The standard InChI is InChI=1S/C22H20ClNO5/c1-2-28-15-6-3-5-13(11-15)19-18-20(26)16-12-14(23)7-8-17(16)29-21(18)22(27)24(19)9-4-10-25/h3,5-8,11-12,19,25H,2,4,9-10H2,1H3/t19-/m1/s1.